The predicted octanol–water partition coefficient (Wildman–Crippen LogP) is 7.17. The van der Waals surface area contributed by atoms with E-state index in [1.54, 1.807) is 0 Å². The molecule has 0 aromatic heterocycles. The van der Waals surface area contributed by atoms with Gasteiger partial charge in [-0.05, 0) is 67.7 Å². The van der Waals surface area contributed by atoms with Crippen molar-refractivity contribution >= 4 is 17.0 Å². The minimum Gasteiger partial charge on any atom is -0.377 e. The maximum absolute atomic E-state index is 10.8. The van der Waals surface area contributed by atoms with E-state index in [4.69, 9.17) is 4.74 Å². The third-order valence-electron chi connectivity index (χ3n) is 8.57. The molecule has 0 amide bonds. The molecule has 0 radical (unpaired) electrons. The Morgan fingerprint density at radius 1 is 0.889 bits per heavy atom. The SMILES string of the molecule is Br.CN1[C@H]2CC[C@@H]1C(CCOCc1ccccc1)C(CC(C#N)(c1ccccc1)c1ccccc1)C2. The normalized spacial score (nSPS) is 23.6. The largest absolute Gasteiger partial charge is 0.377 e. The fraction of sp³-hybridized carbons (Fsp3) is 0.406. The molecule has 2 unspecified atom stereocenters. The number of nitriles is 1. The van der Waals surface area contributed by atoms with Crippen LogP contribution in [0.5, 0.6) is 0 Å². The van der Waals surface area contributed by atoms with E-state index in [9.17, 15) is 5.26 Å². The van der Waals surface area contributed by atoms with Gasteiger partial charge < -0.3 is 9.64 Å². The number of piperidine rings is 1. The molecule has 0 aliphatic carbocycles. The van der Waals surface area contributed by atoms with E-state index >= 15 is 0 Å². The van der Waals surface area contributed by atoms with Crippen LogP contribution in [0.4, 0.5) is 0 Å². The highest BCUT2D eigenvalue weighted by molar-refractivity contribution is 8.93. The zero-order valence-electron chi connectivity index (χ0n) is 21.1. The molecule has 3 nitrogen and oxygen atoms in total. The van der Waals surface area contributed by atoms with E-state index in [2.05, 4.69) is 90.8 Å². The molecule has 2 heterocycles. The first-order valence-corrected chi connectivity index (χ1v) is 13.1. The van der Waals surface area contributed by atoms with Gasteiger partial charge in [-0.1, -0.05) is 91.0 Å². The molecule has 2 fully saturated rings. The van der Waals surface area contributed by atoms with Crippen molar-refractivity contribution in [3.63, 3.8) is 0 Å². The number of halogens is 1. The van der Waals surface area contributed by atoms with Crippen LogP contribution in [-0.4, -0.2) is 30.6 Å². The van der Waals surface area contributed by atoms with Crippen LogP contribution in [0.15, 0.2) is 91.0 Å². The number of nitrogens with zero attached hydrogens (tertiary/aromatic N) is 2. The van der Waals surface area contributed by atoms with Crippen molar-refractivity contribution in [1.82, 2.24) is 4.90 Å². The summed E-state index contributed by atoms with van der Waals surface area (Å²) in [6.45, 7) is 1.43. The van der Waals surface area contributed by atoms with Crippen molar-refractivity contribution in [2.75, 3.05) is 13.7 Å². The molecule has 4 heteroatoms. The second kappa shape index (κ2) is 12.2. The minimum atomic E-state index is -0.633. The second-order valence-corrected chi connectivity index (χ2v) is 10.4. The third kappa shape index (κ3) is 5.44. The van der Waals surface area contributed by atoms with Crippen LogP contribution in [0.3, 0.4) is 0 Å². The highest BCUT2D eigenvalue weighted by atomic mass is 79.9. The van der Waals surface area contributed by atoms with E-state index < -0.39 is 5.41 Å². The van der Waals surface area contributed by atoms with Crippen LogP contribution in [-0.2, 0) is 16.8 Å². The Balaban J connectivity index is 0.00000304. The maximum atomic E-state index is 10.8. The van der Waals surface area contributed by atoms with Crippen LogP contribution < -0.4 is 0 Å². The maximum Gasteiger partial charge on any atom is 0.107 e. The Hall–Kier alpha value is -2.45. The first kappa shape index (κ1) is 26.6. The van der Waals surface area contributed by atoms with Crippen molar-refractivity contribution in [2.24, 2.45) is 11.8 Å². The van der Waals surface area contributed by atoms with Crippen molar-refractivity contribution in [2.45, 2.75) is 56.2 Å². The lowest BCUT2D eigenvalue weighted by atomic mass is 9.65. The van der Waals surface area contributed by atoms with Crippen LogP contribution in [0, 0.1) is 23.2 Å². The van der Waals surface area contributed by atoms with E-state index in [1.807, 2.05) is 18.2 Å². The molecule has 0 N–H and O–H groups in total. The second-order valence-electron chi connectivity index (χ2n) is 10.4. The average molecular weight is 546 g/mol. The molecular weight excluding hydrogens is 508 g/mol. The van der Waals surface area contributed by atoms with Crippen molar-refractivity contribution in [3.05, 3.63) is 108 Å². The first-order valence-electron chi connectivity index (χ1n) is 13.1. The molecular formula is C32H37BrN2O. The molecule has 0 spiro atoms. The molecule has 188 valence electrons. The van der Waals surface area contributed by atoms with Gasteiger partial charge >= 0.3 is 0 Å². The molecule has 5 rings (SSSR count). The molecule has 36 heavy (non-hydrogen) atoms. The highest BCUT2D eigenvalue weighted by Crippen LogP contribution is 2.49. The number of rotatable bonds is 9. The summed E-state index contributed by atoms with van der Waals surface area (Å²) in [7, 11) is 2.31. The van der Waals surface area contributed by atoms with Gasteiger partial charge in [0, 0.05) is 18.7 Å². The van der Waals surface area contributed by atoms with Gasteiger partial charge in [0.15, 0.2) is 0 Å². The zero-order chi connectivity index (χ0) is 24.1. The Morgan fingerprint density at radius 2 is 1.47 bits per heavy atom. The lowest BCUT2D eigenvalue weighted by molar-refractivity contribution is 0.0257. The summed E-state index contributed by atoms with van der Waals surface area (Å²) < 4.78 is 6.15. The number of benzene rings is 3. The predicted molar refractivity (Wildman–Crippen MR) is 151 cm³/mol. The lowest BCUT2D eigenvalue weighted by Gasteiger charge is -2.45. The van der Waals surface area contributed by atoms with Crippen molar-refractivity contribution in [1.29, 1.82) is 5.26 Å². The molecule has 2 aliphatic rings. The number of hydrogen-bond donors (Lipinski definition) is 0. The molecule has 2 saturated heterocycles. The fourth-order valence-electron chi connectivity index (χ4n) is 6.74. The third-order valence-corrected chi connectivity index (χ3v) is 8.57. The quantitative estimate of drug-likeness (QED) is 0.268. The first-order chi connectivity index (χ1) is 17.2. The van der Waals surface area contributed by atoms with Crippen molar-refractivity contribution in [3.8, 4) is 6.07 Å². The topological polar surface area (TPSA) is 36.3 Å². The smallest absolute Gasteiger partial charge is 0.107 e. The van der Waals surface area contributed by atoms with Gasteiger partial charge in [-0.15, -0.1) is 17.0 Å². The van der Waals surface area contributed by atoms with Gasteiger partial charge in [0.05, 0.1) is 12.7 Å². The molecule has 3 aromatic rings. The minimum absolute atomic E-state index is 0. The van der Waals surface area contributed by atoms with Gasteiger partial charge in [-0.25, -0.2) is 0 Å². The molecule has 4 atom stereocenters. The van der Waals surface area contributed by atoms with Crippen LogP contribution in [0.1, 0.15) is 48.8 Å². The molecule has 3 aromatic carbocycles. The van der Waals surface area contributed by atoms with E-state index in [-0.39, 0.29) is 17.0 Å². The van der Waals surface area contributed by atoms with E-state index in [1.165, 1.54) is 24.8 Å². The summed E-state index contributed by atoms with van der Waals surface area (Å²) in [5.41, 5.74) is 2.81. The highest BCUT2D eigenvalue weighted by Gasteiger charge is 2.48. The van der Waals surface area contributed by atoms with E-state index in [0.717, 1.165) is 30.6 Å². The van der Waals surface area contributed by atoms with E-state index in [0.29, 0.717) is 30.5 Å². The Labute approximate surface area is 226 Å². The number of fused-ring (bicyclic) bond motifs is 2. The summed E-state index contributed by atoms with van der Waals surface area (Å²) in [6, 6.07) is 35.4. The zero-order valence-corrected chi connectivity index (χ0v) is 22.8. The monoisotopic (exact) mass is 544 g/mol. The number of ether oxygens (including phenoxy) is 1. The standard InChI is InChI=1S/C32H36N2O.BrH/c1-34-29-17-18-31(34)30(19-20-35-23-25-11-5-2-6-12-25)26(21-29)22-32(24-33,27-13-7-3-8-14-27)28-15-9-4-10-16-28;/h2-16,26,29-31H,17-23H2,1H3;1H/t26?,29-,30?,31+;/m0./s1. The van der Waals surface area contributed by atoms with Crippen LogP contribution >= 0.6 is 17.0 Å². The Bertz CT molecular complexity index is 1080. The summed E-state index contributed by atoms with van der Waals surface area (Å²) in [5, 5.41) is 10.8. The molecule has 2 aliphatic heterocycles. The molecule has 0 saturated carbocycles. The van der Waals surface area contributed by atoms with Crippen LogP contribution in [0.25, 0.3) is 0 Å². The summed E-state index contributed by atoms with van der Waals surface area (Å²) >= 11 is 0. The molecule has 2 bridgehead atoms. The van der Waals surface area contributed by atoms with Gasteiger partial charge in [-0.2, -0.15) is 5.26 Å². The Morgan fingerprint density at radius 3 is 2.06 bits per heavy atom. The fourth-order valence-corrected chi connectivity index (χ4v) is 6.74. The summed E-state index contributed by atoms with van der Waals surface area (Å²) in [5.74, 6) is 1.03. The average Bonchev–Trinajstić information content (AvgIpc) is 3.17. The Kier molecular flexibility index (Phi) is 9.01. The lowest BCUT2D eigenvalue weighted by Crippen LogP contribution is -2.48. The summed E-state index contributed by atoms with van der Waals surface area (Å²) in [6.07, 6.45) is 5.61. The van der Waals surface area contributed by atoms with Crippen LogP contribution in [0.2, 0.25) is 0 Å². The van der Waals surface area contributed by atoms with Gasteiger partial charge in [0.25, 0.3) is 0 Å². The van der Waals surface area contributed by atoms with Gasteiger partial charge in [-0.3, -0.25) is 0 Å². The number of hydrogen-bond acceptors (Lipinski definition) is 3. The van der Waals surface area contributed by atoms with Gasteiger partial charge in [0.1, 0.15) is 5.41 Å². The van der Waals surface area contributed by atoms with Gasteiger partial charge in [0.2, 0.25) is 0 Å². The summed E-state index contributed by atoms with van der Waals surface area (Å²) in [4.78, 5) is 2.62. The van der Waals surface area contributed by atoms with Crippen molar-refractivity contribution < 1.29 is 4.74 Å².